The molecule has 1 spiro atoms. The number of benzene rings is 2. The summed E-state index contributed by atoms with van der Waals surface area (Å²) in [6, 6.07) is 15.8. The highest BCUT2D eigenvalue weighted by molar-refractivity contribution is 5.93. The molecule has 0 saturated carbocycles. The monoisotopic (exact) mass is 396 g/mol. The standard InChI is InChI=1S/C22H25FN4O2/c23-17-6-8-18(9-7-17)25-20(28)10-13-26-14-11-22(12-15-26)21(29)24-16-27(22)19-4-2-1-3-5-19/h1-9H,10-16H2,(H,24,29)(H,25,28). The molecule has 2 aromatic rings. The molecule has 0 aromatic heterocycles. The van der Waals surface area contributed by atoms with Gasteiger partial charge in [0.1, 0.15) is 11.4 Å². The third-order valence-corrected chi connectivity index (χ3v) is 5.87. The predicted molar refractivity (Wildman–Crippen MR) is 110 cm³/mol. The van der Waals surface area contributed by atoms with E-state index in [1.54, 1.807) is 12.1 Å². The molecule has 0 bridgehead atoms. The van der Waals surface area contributed by atoms with Gasteiger partial charge in [0.05, 0.1) is 6.67 Å². The van der Waals surface area contributed by atoms with Crippen LogP contribution in [0, 0.1) is 5.82 Å². The highest BCUT2D eigenvalue weighted by Crippen LogP contribution is 2.36. The first-order valence-corrected chi connectivity index (χ1v) is 9.96. The number of rotatable bonds is 5. The van der Waals surface area contributed by atoms with Gasteiger partial charge in [-0.1, -0.05) is 18.2 Å². The number of carbonyl (C=O) groups excluding carboxylic acids is 2. The quantitative estimate of drug-likeness (QED) is 0.816. The zero-order valence-electron chi connectivity index (χ0n) is 16.2. The van der Waals surface area contributed by atoms with Crippen LogP contribution in [0.3, 0.4) is 0 Å². The third kappa shape index (κ3) is 4.10. The van der Waals surface area contributed by atoms with Crippen LogP contribution in [0.15, 0.2) is 54.6 Å². The SMILES string of the molecule is O=C(CCN1CCC2(CC1)C(=O)NCN2c1ccccc1)Nc1ccc(F)cc1. The summed E-state index contributed by atoms with van der Waals surface area (Å²) in [6.45, 7) is 2.69. The summed E-state index contributed by atoms with van der Waals surface area (Å²) in [6.07, 6.45) is 1.82. The fourth-order valence-electron chi connectivity index (χ4n) is 4.20. The van der Waals surface area contributed by atoms with Gasteiger partial charge in [-0.15, -0.1) is 0 Å². The van der Waals surface area contributed by atoms with Gasteiger partial charge in [-0.3, -0.25) is 9.59 Å². The van der Waals surface area contributed by atoms with Crippen LogP contribution in [0.5, 0.6) is 0 Å². The Balaban J connectivity index is 1.31. The Kier molecular flexibility index (Phi) is 5.49. The molecule has 2 heterocycles. The highest BCUT2D eigenvalue weighted by atomic mass is 19.1. The molecule has 0 atom stereocenters. The lowest BCUT2D eigenvalue weighted by atomic mass is 9.85. The number of nitrogens with zero attached hydrogens (tertiary/aromatic N) is 2. The van der Waals surface area contributed by atoms with Gasteiger partial charge in [0.25, 0.3) is 0 Å². The van der Waals surface area contributed by atoms with Crippen molar-refractivity contribution in [3.8, 4) is 0 Å². The highest BCUT2D eigenvalue weighted by Gasteiger charge is 2.50. The van der Waals surface area contributed by atoms with E-state index in [9.17, 15) is 14.0 Å². The predicted octanol–water partition coefficient (Wildman–Crippen LogP) is 2.58. The minimum Gasteiger partial charge on any atom is -0.339 e. The van der Waals surface area contributed by atoms with Crippen LogP contribution in [0.2, 0.25) is 0 Å². The van der Waals surface area contributed by atoms with Crippen molar-refractivity contribution in [3.05, 3.63) is 60.4 Å². The Hall–Kier alpha value is -2.93. The summed E-state index contributed by atoms with van der Waals surface area (Å²) in [5.74, 6) is -0.331. The normalized spacial score (nSPS) is 18.7. The molecule has 2 amide bonds. The zero-order chi connectivity index (χ0) is 20.3. The van der Waals surface area contributed by atoms with E-state index in [4.69, 9.17) is 0 Å². The van der Waals surface area contributed by atoms with Crippen LogP contribution in [0.1, 0.15) is 19.3 Å². The van der Waals surface area contributed by atoms with E-state index in [-0.39, 0.29) is 17.6 Å². The molecule has 6 nitrogen and oxygen atoms in total. The summed E-state index contributed by atoms with van der Waals surface area (Å²) < 4.78 is 13.0. The van der Waals surface area contributed by atoms with E-state index >= 15 is 0 Å². The van der Waals surface area contributed by atoms with Crippen molar-refractivity contribution in [3.63, 3.8) is 0 Å². The summed E-state index contributed by atoms with van der Waals surface area (Å²) in [5.41, 5.74) is 1.14. The number of hydrogen-bond acceptors (Lipinski definition) is 4. The second-order valence-corrected chi connectivity index (χ2v) is 7.61. The van der Waals surface area contributed by atoms with Gasteiger partial charge in [-0.2, -0.15) is 0 Å². The number of hydrogen-bond donors (Lipinski definition) is 2. The van der Waals surface area contributed by atoms with Gasteiger partial charge in [0.2, 0.25) is 11.8 Å². The van der Waals surface area contributed by atoms with Crippen molar-refractivity contribution in [1.82, 2.24) is 10.2 Å². The molecule has 0 unspecified atom stereocenters. The molecule has 7 heteroatoms. The molecule has 2 aliphatic rings. The Labute approximate surface area is 169 Å². The van der Waals surface area contributed by atoms with Crippen molar-refractivity contribution in [2.45, 2.75) is 24.8 Å². The maximum Gasteiger partial charge on any atom is 0.247 e. The molecule has 2 aliphatic heterocycles. The topological polar surface area (TPSA) is 64.7 Å². The zero-order valence-corrected chi connectivity index (χ0v) is 16.2. The first-order valence-electron chi connectivity index (χ1n) is 9.96. The molecule has 0 radical (unpaired) electrons. The average Bonchev–Trinajstić information content (AvgIpc) is 3.06. The van der Waals surface area contributed by atoms with Crippen LogP contribution in [0.25, 0.3) is 0 Å². The first-order chi connectivity index (χ1) is 14.1. The van der Waals surface area contributed by atoms with E-state index in [1.165, 1.54) is 12.1 Å². The Morgan fingerprint density at radius 3 is 2.45 bits per heavy atom. The largest absolute Gasteiger partial charge is 0.339 e. The van der Waals surface area contributed by atoms with E-state index in [0.29, 0.717) is 25.3 Å². The van der Waals surface area contributed by atoms with Gasteiger partial charge in [0.15, 0.2) is 0 Å². The number of likely N-dealkylation sites (tertiary alicyclic amines) is 1. The van der Waals surface area contributed by atoms with Gasteiger partial charge in [-0.05, 0) is 49.2 Å². The van der Waals surface area contributed by atoms with Crippen molar-refractivity contribution in [2.75, 3.05) is 36.5 Å². The number of piperidine rings is 1. The van der Waals surface area contributed by atoms with E-state index < -0.39 is 5.54 Å². The smallest absolute Gasteiger partial charge is 0.247 e. The number of carbonyl (C=O) groups is 2. The maximum absolute atomic E-state index is 13.0. The summed E-state index contributed by atoms with van der Waals surface area (Å²) in [4.78, 5) is 29.2. The fourth-order valence-corrected chi connectivity index (χ4v) is 4.20. The van der Waals surface area contributed by atoms with Crippen LogP contribution in [-0.2, 0) is 9.59 Å². The van der Waals surface area contributed by atoms with Crippen LogP contribution in [-0.4, -0.2) is 48.6 Å². The molecule has 152 valence electrons. The van der Waals surface area contributed by atoms with Crippen molar-refractivity contribution in [1.29, 1.82) is 0 Å². The summed E-state index contributed by atoms with van der Waals surface area (Å²) in [5, 5.41) is 5.79. The minimum atomic E-state index is -0.506. The summed E-state index contributed by atoms with van der Waals surface area (Å²) in [7, 11) is 0. The molecule has 2 N–H and O–H groups in total. The van der Waals surface area contributed by atoms with Gasteiger partial charge < -0.3 is 20.4 Å². The van der Waals surface area contributed by atoms with Crippen LogP contribution < -0.4 is 15.5 Å². The second-order valence-electron chi connectivity index (χ2n) is 7.61. The van der Waals surface area contributed by atoms with Crippen molar-refractivity contribution in [2.24, 2.45) is 0 Å². The number of nitrogens with one attached hydrogen (secondary N) is 2. The Morgan fingerprint density at radius 1 is 1.07 bits per heavy atom. The lowest BCUT2D eigenvalue weighted by molar-refractivity contribution is -0.125. The molecular weight excluding hydrogens is 371 g/mol. The van der Waals surface area contributed by atoms with Gasteiger partial charge in [-0.25, -0.2) is 4.39 Å². The number of para-hydroxylation sites is 1. The third-order valence-electron chi connectivity index (χ3n) is 5.87. The fraction of sp³-hybridized carbons (Fsp3) is 0.364. The number of amides is 2. The van der Waals surface area contributed by atoms with E-state index in [1.807, 2.05) is 30.3 Å². The van der Waals surface area contributed by atoms with Gasteiger partial charge >= 0.3 is 0 Å². The molecular formula is C22H25FN4O2. The molecule has 2 fully saturated rings. The number of anilines is 2. The van der Waals surface area contributed by atoms with Crippen molar-refractivity contribution < 1.29 is 14.0 Å². The lowest BCUT2D eigenvalue weighted by Crippen LogP contribution is -2.56. The summed E-state index contributed by atoms with van der Waals surface area (Å²) >= 11 is 0. The lowest BCUT2D eigenvalue weighted by Gasteiger charge is -2.43. The molecule has 29 heavy (non-hydrogen) atoms. The molecule has 0 aliphatic carbocycles. The van der Waals surface area contributed by atoms with Crippen molar-refractivity contribution >= 4 is 23.2 Å². The van der Waals surface area contributed by atoms with Crippen LogP contribution in [0.4, 0.5) is 15.8 Å². The van der Waals surface area contributed by atoms with E-state index in [0.717, 1.165) is 31.6 Å². The number of halogens is 1. The first kappa shape index (κ1) is 19.4. The second kappa shape index (κ2) is 8.21. The minimum absolute atomic E-state index is 0.0926. The Morgan fingerprint density at radius 2 is 1.76 bits per heavy atom. The average molecular weight is 396 g/mol. The molecule has 4 rings (SSSR count). The molecule has 2 aromatic carbocycles. The maximum atomic E-state index is 13.0. The van der Waals surface area contributed by atoms with E-state index in [2.05, 4.69) is 20.4 Å². The van der Waals surface area contributed by atoms with Crippen LogP contribution >= 0.6 is 0 Å². The molecule has 2 saturated heterocycles. The Bertz CT molecular complexity index is 864. The van der Waals surface area contributed by atoms with Gasteiger partial charge in [0, 0.05) is 37.4 Å².